The van der Waals surface area contributed by atoms with Gasteiger partial charge in [0.05, 0.1) is 16.5 Å². The molecule has 7 heteroatoms. The molecule has 0 amide bonds. The van der Waals surface area contributed by atoms with E-state index in [9.17, 15) is 19.1 Å². The predicted molar refractivity (Wildman–Crippen MR) is 110 cm³/mol. The smallest absolute Gasteiger partial charge is 0.335 e. The Kier molecular flexibility index (Phi) is 4.10. The molecule has 0 saturated carbocycles. The van der Waals surface area contributed by atoms with Gasteiger partial charge in [-0.1, -0.05) is 0 Å². The maximum Gasteiger partial charge on any atom is 0.335 e. The summed E-state index contributed by atoms with van der Waals surface area (Å²) in [6.07, 6.45) is 2.43. The van der Waals surface area contributed by atoms with Gasteiger partial charge in [-0.2, -0.15) is 0 Å². The predicted octanol–water partition coefficient (Wildman–Crippen LogP) is 4.44. The first-order chi connectivity index (χ1) is 14.5. The summed E-state index contributed by atoms with van der Waals surface area (Å²) in [5, 5.41) is 9.60. The summed E-state index contributed by atoms with van der Waals surface area (Å²) in [6.45, 7) is 0.495. The first-order valence-corrected chi connectivity index (χ1v) is 9.34. The number of aromatic carboxylic acids is 1. The molecular formula is C23H15FN2O4. The average Bonchev–Trinajstić information content (AvgIpc) is 3.36. The summed E-state index contributed by atoms with van der Waals surface area (Å²) in [7, 11) is 0. The maximum atomic E-state index is 13.1. The fourth-order valence-electron chi connectivity index (χ4n) is 3.66. The minimum absolute atomic E-state index is 0.0813. The molecule has 0 saturated heterocycles. The zero-order valence-electron chi connectivity index (χ0n) is 15.6. The van der Waals surface area contributed by atoms with Crippen molar-refractivity contribution in [1.82, 2.24) is 9.55 Å². The van der Waals surface area contributed by atoms with E-state index in [2.05, 4.69) is 4.98 Å². The van der Waals surface area contributed by atoms with Crippen molar-refractivity contribution >= 4 is 28.5 Å². The quantitative estimate of drug-likeness (QED) is 0.548. The van der Waals surface area contributed by atoms with Crippen molar-refractivity contribution in [2.75, 3.05) is 0 Å². The number of carboxylic acid groups (broad SMARTS) is 1. The number of hydrogen-bond donors (Lipinski definition) is 1. The third-order valence-electron chi connectivity index (χ3n) is 5.17. The lowest BCUT2D eigenvalue weighted by atomic mass is 10.1. The van der Waals surface area contributed by atoms with Gasteiger partial charge in [0.15, 0.2) is 0 Å². The molecule has 4 aromatic rings. The van der Waals surface area contributed by atoms with E-state index in [1.807, 2.05) is 6.08 Å². The Balaban J connectivity index is 1.56. The fourth-order valence-corrected chi connectivity index (χ4v) is 3.66. The molecule has 1 N–H and O–H groups in total. The van der Waals surface area contributed by atoms with Gasteiger partial charge in [-0.05, 0) is 67.1 Å². The molecule has 148 valence electrons. The Hall–Kier alpha value is -4.00. The van der Waals surface area contributed by atoms with Crippen molar-refractivity contribution in [3.8, 4) is 11.3 Å². The van der Waals surface area contributed by atoms with Gasteiger partial charge >= 0.3 is 5.97 Å². The van der Waals surface area contributed by atoms with Crippen LogP contribution >= 0.6 is 0 Å². The second-order valence-electron chi connectivity index (χ2n) is 7.06. The average molecular weight is 402 g/mol. The van der Waals surface area contributed by atoms with Crippen LogP contribution < -0.4 is 5.56 Å². The number of nitrogens with zero attached hydrogens (tertiary/aromatic N) is 2. The molecule has 30 heavy (non-hydrogen) atoms. The normalized spacial score (nSPS) is 14.4. The minimum atomic E-state index is -1.07. The number of carbonyl (C=O) groups is 1. The lowest BCUT2D eigenvalue weighted by Gasteiger charge is -2.06. The zero-order chi connectivity index (χ0) is 20.8. The number of aromatic nitrogens is 2. The molecule has 5 rings (SSSR count). The Morgan fingerprint density at radius 3 is 2.70 bits per heavy atom. The van der Waals surface area contributed by atoms with E-state index in [1.165, 1.54) is 30.3 Å². The number of allylic oxidation sites excluding steroid dienone is 1. The highest BCUT2D eigenvalue weighted by Crippen LogP contribution is 2.30. The van der Waals surface area contributed by atoms with E-state index in [0.717, 1.165) is 11.1 Å². The van der Waals surface area contributed by atoms with E-state index < -0.39 is 5.97 Å². The number of carboxylic acids is 1. The molecule has 2 aromatic heterocycles. The number of rotatable bonds is 3. The monoisotopic (exact) mass is 402 g/mol. The first-order valence-electron chi connectivity index (χ1n) is 9.34. The van der Waals surface area contributed by atoms with E-state index in [0.29, 0.717) is 41.2 Å². The molecule has 0 fully saturated rings. The molecule has 0 bridgehead atoms. The Morgan fingerprint density at radius 1 is 1.13 bits per heavy atom. The Labute approximate surface area is 169 Å². The van der Waals surface area contributed by atoms with Crippen LogP contribution in [0, 0.1) is 5.82 Å². The number of fused-ring (bicyclic) bond motifs is 2. The fraction of sp³-hybridized carbons (Fsp3) is 0.0870. The van der Waals surface area contributed by atoms with E-state index in [4.69, 9.17) is 4.42 Å². The maximum absolute atomic E-state index is 13.1. The van der Waals surface area contributed by atoms with Gasteiger partial charge in [0.2, 0.25) is 0 Å². The summed E-state index contributed by atoms with van der Waals surface area (Å²) < 4.78 is 20.6. The van der Waals surface area contributed by atoms with Crippen LogP contribution in [0.5, 0.6) is 0 Å². The van der Waals surface area contributed by atoms with Crippen LogP contribution in [0.4, 0.5) is 4.39 Å². The minimum Gasteiger partial charge on any atom is -0.478 e. The molecule has 1 aliphatic heterocycles. The van der Waals surface area contributed by atoms with Crippen LogP contribution in [0.25, 0.3) is 33.9 Å². The number of furan rings is 1. The van der Waals surface area contributed by atoms with Crippen molar-refractivity contribution in [2.45, 2.75) is 13.0 Å². The summed E-state index contributed by atoms with van der Waals surface area (Å²) in [4.78, 5) is 28.6. The van der Waals surface area contributed by atoms with E-state index in [-0.39, 0.29) is 16.9 Å². The second-order valence-corrected chi connectivity index (χ2v) is 7.06. The van der Waals surface area contributed by atoms with E-state index in [1.54, 1.807) is 28.8 Å². The summed E-state index contributed by atoms with van der Waals surface area (Å²) >= 11 is 0. The summed E-state index contributed by atoms with van der Waals surface area (Å²) in [5.74, 6) is 0.319. The van der Waals surface area contributed by atoms with Crippen molar-refractivity contribution in [1.29, 1.82) is 0 Å². The third kappa shape index (κ3) is 3.00. The highest BCUT2D eigenvalue weighted by atomic mass is 19.1. The van der Waals surface area contributed by atoms with Crippen LogP contribution in [0.3, 0.4) is 0 Å². The van der Waals surface area contributed by atoms with Gasteiger partial charge in [-0.25, -0.2) is 14.2 Å². The Morgan fingerprint density at radius 2 is 1.93 bits per heavy atom. The van der Waals surface area contributed by atoms with Crippen molar-refractivity contribution in [2.24, 2.45) is 0 Å². The van der Waals surface area contributed by atoms with Crippen LogP contribution in [0.1, 0.15) is 28.4 Å². The largest absolute Gasteiger partial charge is 0.478 e. The Bertz CT molecular complexity index is 1400. The van der Waals surface area contributed by atoms with Crippen LogP contribution in [0.2, 0.25) is 0 Å². The molecular weight excluding hydrogens is 387 g/mol. The molecule has 3 heterocycles. The van der Waals surface area contributed by atoms with Crippen LogP contribution in [-0.4, -0.2) is 20.6 Å². The lowest BCUT2D eigenvalue weighted by molar-refractivity contribution is 0.0697. The molecule has 1 aliphatic rings. The van der Waals surface area contributed by atoms with Crippen molar-refractivity contribution < 1.29 is 18.7 Å². The van der Waals surface area contributed by atoms with Gasteiger partial charge < -0.3 is 9.52 Å². The van der Waals surface area contributed by atoms with Crippen LogP contribution in [0.15, 0.2) is 63.8 Å². The van der Waals surface area contributed by atoms with Crippen molar-refractivity contribution in [3.05, 3.63) is 87.9 Å². The summed E-state index contributed by atoms with van der Waals surface area (Å²) in [6, 6.07) is 14.0. The van der Waals surface area contributed by atoms with Gasteiger partial charge in [0.25, 0.3) is 5.56 Å². The molecule has 2 aromatic carbocycles. The number of benzene rings is 2. The molecule has 6 nitrogen and oxygen atoms in total. The second kappa shape index (κ2) is 6.81. The van der Waals surface area contributed by atoms with Gasteiger partial charge in [0, 0.05) is 17.7 Å². The van der Waals surface area contributed by atoms with E-state index >= 15 is 0 Å². The van der Waals surface area contributed by atoms with Gasteiger partial charge in [0.1, 0.15) is 23.2 Å². The third-order valence-corrected chi connectivity index (χ3v) is 5.17. The summed E-state index contributed by atoms with van der Waals surface area (Å²) in [5.41, 5.74) is 1.83. The van der Waals surface area contributed by atoms with Crippen LogP contribution in [-0.2, 0) is 6.54 Å². The molecule has 0 atom stereocenters. The number of hydrogen-bond acceptors (Lipinski definition) is 4. The molecule has 0 radical (unpaired) electrons. The molecule has 0 spiro atoms. The highest BCUT2D eigenvalue weighted by molar-refractivity contribution is 5.93. The van der Waals surface area contributed by atoms with Gasteiger partial charge in [-0.3, -0.25) is 9.36 Å². The topological polar surface area (TPSA) is 85.3 Å². The first kappa shape index (κ1) is 18.1. The van der Waals surface area contributed by atoms with Crippen molar-refractivity contribution in [3.63, 3.8) is 0 Å². The zero-order valence-corrected chi connectivity index (χ0v) is 15.6. The standard InChI is InChI=1S/C23H15FN2O4/c24-16-4-1-13(2-5-16)20-8-6-17(30-20)11-14-9-10-26-21(14)25-19-12-15(23(28)29)3-7-18(19)22(26)27/h1-8,11-12H,9-10H2,(H,28,29). The number of halogens is 1. The highest BCUT2D eigenvalue weighted by Gasteiger charge is 2.22. The lowest BCUT2D eigenvalue weighted by Crippen LogP contribution is -2.20. The molecule has 0 aliphatic carbocycles. The molecule has 0 unspecified atom stereocenters. The van der Waals surface area contributed by atoms with Gasteiger partial charge in [-0.15, -0.1) is 0 Å². The SMILES string of the molecule is O=C(O)c1ccc2c(=O)n3c(nc2c1)C(=Cc1ccc(-c2ccc(F)cc2)o1)CC3.